The van der Waals surface area contributed by atoms with Crippen molar-refractivity contribution in [1.29, 1.82) is 0 Å². The Bertz CT molecular complexity index is 774. The van der Waals surface area contributed by atoms with Gasteiger partial charge in [0.15, 0.2) is 0 Å². The maximum Gasteiger partial charge on any atom is 0.253 e. The van der Waals surface area contributed by atoms with Crippen molar-refractivity contribution in [1.82, 2.24) is 9.80 Å². The molecular weight excluding hydrogens is 346 g/mol. The van der Waals surface area contributed by atoms with Gasteiger partial charge in [-0.15, -0.1) is 0 Å². The van der Waals surface area contributed by atoms with E-state index < -0.39 is 0 Å². The van der Waals surface area contributed by atoms with E-state index in [-0.39, 0.29) is 23.6 Å². The predicted molar refractivity (Wildman–Crippen MR) is 99.8 cm³/mol. The molecule has 7 nitrogen and oxygen atoms in total. The van der Waals surface area contributed by atoms with Crippen LogP contribution in [-0.4, -0.2) is 67.4 Å². The first-order chi connectivity index (χ1) is 13.0. The zero-order chi connectivity index (χ0) is 19.0. The predicted octanol–water partition coefficient (Wildman–Crippen LogP) is 1.52. The molecule has 2 heterocycles. The van der Waals surface area contributed by atoms with E-state index >= 15 is 0 Å². The Kier molecular flexibility index (Phi) is 4.76. The van der Waals surface area contributed by atoms with Gasteiger partial charge in [0, 0.05) is 44.7 Å². The van der Waals surface area contributed by atoms with Crippen LogP contribution < -0.4 is 9.64 Å². The third-order valence-electron chi connectivity index (χ3n) is 5.54. The molecular formula is C20H25N3O4. The fraction of sp³-hybridized carbons (Fsp3) is 0.550. The topological polar surface area (TPSA) is 70.2 Å². The largest absolute Gasteiger partial charge is 0.491 e. The van der Waals surface area contributed by atoms with Gasteiger partial charge in [0.25, 0.3) is 5.91 Å². The lowest BCUT2D eigenvalue weighted by Gasteiger charge is -2.23. The lowest BCUT2D eigenvalue weighted by molar-refractivity contribution is -0.132. The summed E-state index contributed by atoms with van der Waals surface area (Å²) in [6, 6.07) is 5.25. The second-order valence-corrected chi connectivity index (χ2v) is 7.48. The zero-order valence-corrected chi connectivity index (χ0v) is 15.6. The van der Waals surface area contributed by atoms with Crippen LogP contribution in [0.3, 0.4) is 0 Å². The molecule has 144 valence electrons. The lowest BCUT2D eigenvalue weighted by atomic mass is 10.1. The Labute approximate surface area is 158 Å². The number of ether oxygens (including phenoxy) is 1. The second kappa shape index (κ2) is 7.21. The van der Waals surface area contributed by atoms with E-state index in [4.69, 9.17) is 4.74 Å². The lowest BCUT2D eigenvalue weighted by Crippen LogP contribution is -2.38. The maximum absolute atomic E-state index is 13.0. The van der Waals surface area contributed by atoms with Crippen molar-refractivity contribution < 1.29 is 19.1 Å². The van der Waals surface area contributed by atoms with Crippen molar-refractivity contribution in [2.45, 2.75) is 25.7 Å². The Hall–Kier alpha value is -2.57. The van der Waals surface area contributed by atoms with Gasteiger partial charge in [-0.25, -0.2) is 0 Å². The summed E-state index contributed by atoms with van der Waals surface area (Å²) in [7, 11) is 1.71. The van der Waals surface area contributed by atoms with Gasteiger partial charge in [0.1, 0.15) is 5.75 Å². The van der Waals surface area contributed by atoms with Crippen molar-refractivity contribution in [2.24, 2.45) is 5.92 Å². The molecule has 0 bridgehead atoms. The van der Waals surface area contributed by atoms with Crippen molar-refractivity contribution >= 4 is 23.4 Å². The average Bonchev–Trinajstić information content (AvgIpc) is 3.53. The molecule has 0 spiro atoms. The summed E-state index contributed by atoms with van der Waals surface area (Å²) in [4.78, 5) is 42.6. The molecule has 4 rings (SSSR count). The van der Waals surface area contributed by atoms with Crippen LogP contribution in [0.15, 0.2) is 18.2 Å². The van der Waals surface area contributed by atoms with E-state index in [0.29, 0.717) is 56.2 Å². The minimum Gasteiger partial charge on any atom is -0.491 e. The molecule has 2 fully saturated rings. The first kappa shape index (κ1) is 17.8. The minimum atomic E-state index is -0.0661. The molecule has 0 aromatic heterocycles. The molecule has 0 unspecified atom stereocenters. The van der Waals surface area contributed by atoms with Gasteiger partial charge in [-0.2, -0.15) is 0 Å². The van der Waals surface area contributed by atoms with Crippen LogP contribution >= 0.6 is 0 Å². The number of rotatable bonds is 2. The highest BCUT2D eigenvalue weighted by Crippen LogP contribution is 2.33. The number of hydrogen-bond donors (Lipinski definition) is 0. The van der Waals surface area contributed by atoms with E-state index in [9.17, 15) is 14.4 Å². The summed E-state index contributed by atoms with van der Waals surface area (Å²) in [6.45, 7) is 2.83. The fourth-order valence-electron chi connectivity index (χ4n) is 3.70. The number of amides is 3. The van der Waals surface area contributed by atoms with Gasteiger partial charge in [-0.3, -0.25) is 14.4 Å². The Balaban J connectivity index is 1.48. The molecule has 1 saturated carbocycles. The number of benzene rings is 1. The molecule has 3 aliphatic rings. The van der Waals surface area contributed by atoms with Crippen molar-refractivity contribution in [2.75, 3.05) is 44.7 Å². The van der Waals surface area contributed by atoms with Crippen LogP contribution in [0.25, 0.3) is 0 Å². The van der Waals surface area contributed by atoms with Gasteiger partial charge in [-0.1, -0.05) is 0 Å². The minimum absolute atomic E-state index is 0.0256. The summed E-state index contributed by atoms with van der Waals surface area (Å²) in [5.41, 5.74) is 1.17. The molecule has 0 atom stereocenters. The third-order valence-corrected chi connectivity index (χ3v) is 5.54. The highest BCUT2D eigenvalue weighted by atomic mass is 16.5. The summed E-state index contributed by atoms with van der Waals surface area (Å²) >= 11 is 0. The Morgan fingerprint density at radius 3 is 2.59 bits per heavy atom. The summed E-state index contributed by atoms with van der Waals surface area (Å²) < 4.78 is 5.63. The summed E-state index contributed by atoms with van der Waals surface area (Å²) in [5.74, 6) is 0.986. The van der Waals surface area contributed by atoms with Gasteiger partial charge in [0.05, 0.1) is 18.7 Å². The van der Waals surface area contributed by atoms with Crippen molar-refractivity contribution in [3.63, 3.8) is 0 Å². The van der Waals surface area contributed by atoms with Gasteiger partial charge >= 0.3 is 0 Å². The quantitative estimate of drug-likeness (QED) is 0.790. The SMILES string of the molecule is CN1C(=O)CCOc2ccc(C(=O)N3CCCN(C(=O)C4CC4)CC3)cc21. The van der Waals surface area contributed by atoms with Crippen LogP contribution in [0.4, 0.5) is 5.69 Å². The smallest absolute Gasteiger partial charge is 0.253 e. The third kappa shape index (κ3) is 3.63. The van der Waals surface area contributed by atoms with E-state index in [1.165, 1.54) is 0 Å². The highest BCUT2D eigenvalue weighted by Gasteiger charge is 2.34. The summed E-state index contributed by atoms with van der Waals surface area (Å²) in [6.07, 6.45) is 3.12. The number of nitrogens with zero attached hydrogens (tertiary/aromatic N) is 3. The number of fused-ring (bicyclic) bond motifs is 1. The number of hydrogen-bond acceptors (Lipinski definition) is 4. The fourth-order valence-corrected chi connectivity index (χ4v) is 3.70. The molecule has 7 heteroatoms. The first-order valence-electron chi connectivity index (χ1n) is 9.66. The van der Waals surface area contributed by atoms with Crippen LogP contribution in [0.5, 0.6) is 5.75 Å². The van der Waals surface area contributed by atoms with Crippen molar-refractivity contribution in [3.8, 4) is 5.75 Å². The standard InChI is InChI=1S/C20H25N3O4/c1-21-16-13-15(5-6-17(16)27-12-7-18(21)24)20(26)23-9-2-8-22(10-11-23)19(25)14-3-4-14/h5-6,13-14H,2-4,7-12H2,1H3. The van der Waals surface area contributed by atoms with Gasteiger partial charge in [0.2, 0.25) is 11.8 Å². The Morgan fingerprint density at radius 1 is 1.07 bits per heavy atom. The van der Waals surface area contributed by atoms with E-state index in [1.807, 2.05) is 4.90 Å². The molecule has 1 aromatic rings. The van der Waals surface area contributed by atoms with Crippen LogP contribution in [0.1, 0.15) is 36.0 Å². The molecule has 3 amide bonds. The van der Waals surface area contributed by atoms with Gasteiger partial charge < -0.3 is 19.4 Å². The molecule has 1 saturated heterocycles. The summed E-state index contributed by atoms with van der Waals surface area (Å²) in [5, 5.41) is 0. The molecule has 27 heavy (non-hydrogen) atoms. The average molecular weight is 371 g/mol. The second-order valence-electron chi connectivity index (χ2n) is 7.48. The number of carbonyl (C=O) groups excluding carboxylic acids is 3. The van der Waals surface area contributed by atoms with Crippen molar-refractivity contribution in [3.05, 3.63) is 23.8 Å². The number of anilines is 1. The highest BCUT2D eigenvalue weighted by molar-refractivity contribution is 5.99. The van der Waals surface area contributed by atoms with E-state index in [1.54, 1.807) is 35.0 Å². The van der Waals surface area contributed by atoms with Crippen LogP contribution in [0.2, 0.25) is 0 Å². The molecule has 1 aromatic carbocycles. The first-order valence-corrected chi connectivity index (χ1v) is 9.66. The molecule has 0 N–H and O–H groups in total. The number of carbonyl (C=O) groups is 3. The monoisotopic (exact) mass is 371 g/mol. The van der Waals surface area contributed by atoms with Gasteiger partial charge in [-0.05, 0) is 37.5 Å². The molecule has 1 aliphatic carbocycles. The van der Waals surface area contributed by atoms with E-state index in [2.05, 4.69) is 0 Å². The maximum atomic E-state index is 13.0. The molecule has 2 aliphatic heterocycles. The van der Waals surface area contributed by atoms with E-state index in [0.717, 1.165) is 19.3 Å². The van der Waals surface area contributed by atoms with Crippen LogP contribution in [-0.2, 0) is 9.59 Å². The zero-order valence-electron chi connectivity index (χ0n) is 15.6. The van der Waals surface area contributed by atoms with Crippen LogP contribution in [0, 0.1) is 5.92 Å². The normalized spacial score (nSPS) is 20.5. The Morgan fingerprint density at radius 2 is 1.81 bits per heavy atom. The molecule has 0 radical (unpaired) electrons.